The molecule has 4 nitrogen and oxygen atoms in total. The highest BCUT2D eigenvalue weighted by atomic mass is 16.3. The van der Waals surface area contributed by atoms with Gasteiger partial charge in [0, 0.05) is 19.5 Å². The van der Waals surface area contributed by atoms with Crippen LogP contribution in [0, 0.1) is 5.92 Å². The number of hydrogen-bond donors (Lipinski definition) is 2. The van der Waals surface area contributed by atoms with Gasteiger partial charge in [-0.1, -0.05) is 6.92 Å². The van der Waals surface area contributed by atoms with Crippen LogP contribution in [0.1, 0.15) is 33.1 Å². The summed E-state index contributed by atoms with van der Waals surface area (Å²) in [6.45, 7) is 5.71. The van der Waals surface area contributed by atoms with E-state index in [2.05, 4.69) is 0 Å². The maximum Gasteiger partial charge on any atom is 0.222 e. The minimum absolute atomic E-state index is 0.170. The summed E-state index contributed by atoms with van der Waals surface area (Å²) in [5.41, 5.74) is 4.90. The topological polar surface area (TPSA) is 66.6 Å². The molecule has 0 aliphatic carbocycles. The number of likely N-dealkylation sites (tertiary alicyclic amines) is 1. The summed E-state index contributed by atoms with van der Waals surface area (Å²) < 4.78 is 0. The number of nitrogens with zero attached hydrogens (tertiary/aromatic N) is 1. The van der Waals surface area contributed by atoms with Crippen LogP contribution in [0.2, 0.25) is 0 Å². The van der Waals surface area contributed by atoms with Crippen molar-refractivity contribution in [2.75, 3.05) is 19.6 Å². The molecule has 1 aliphatic rings. The first-order chi connectivity index (χ1) is 6.94. The van der Waals surface area contributed by atoms with Crippen LogP contribution in [0.4, 0.5) is 0 Å². The molecular formula is C11H22N2O2. The summed E-state index contributed by atoms with van der Waals surface area (Å²) in [5.74, 6) is 0.420. The van der Waals surface area contributed by atoms with Gasteiger partial charge in [0.05, 0.1) is 5.60 Å². The molecular weight excluding hydrogens is 192 g/mol. The third-order valence-corrected chi connectivity index (χ3v) is 3.12. The lowest BCUT2D eigenvalue weighted by molar-refractivity contribution is -0.135. The maximum absolute atomic E-state index is 11.8. The van der Waals surface area contributed by atoms with E-state index >= 15 is 0 Å². The van der Waals surface area contributed by atoms with Crippen molar-refractivity contribution in [2.45, 2.75) is 38.7 Å². The Morgan fingerprint density at radius 1 is 1.53 bits per heavy atom. The molecule has 1 amide bonds. The lowest BCUT2D eigenvalue weighted by Gasteiger charge is -2.36. The highest BCUT2D eigenvalue weighted by Gasteiger charge is 2.29. The first kappa shape index (κ1) is 12.5. The largest absolute Gasteiger partial charge is 0.390 e. The number of carbonyl (C=O) groups excluding carboxylic acids is 1. The van der Waals surface area contributed by atoms with Crippen molar-refractivity contribution in [3.63, 3.8) is 0 Å². The summed E-state index contributed by atoms with van der Waals surface area (Å²) in [5, 5.41) is 9.74. The Kier molecular flexibility index (Phi) is 4.11. The molecule has 0 radical (unpaired) electrons. The Morgan fingerprint density at radius 2 is 2.07 bits per heavy atom. The van der Waals surface area contributed by atoms with E-state index in [1.165, 1.54) is 0 Å². The van der Waals surface area contributed by atoms with E-state index in [4.69, 9.17) is 5.73 Å². The van der Waals surface area contributed by atoms with Crippen LogP contribution in [-0.2, 0) is 4.79 Å². The van der Waals surface area contributed by atoms with E-state index in [1.807, 2.05) is 18.7 Å². The number of rotatable bonds is 3. The fraction of sp³-hybridized carbons (Fsp3) is 0.909. The monoisotopic (exact) mass is 214 g/mol. The first-order valence-corrected chi connectivity index (χ1v) is 5.65. The second kappa shape index (κ2) is 4.94. The molecule has 0 aromatic carbocycles. The van der Waals surface area contributed by atoms with Crippen LogP contribution in [0.15, 0.2) is 0 Å². The van der Waals surface area contributed by atoms with Gasteiger partial charge in [-0.3, -0.25) is 4.79 Å². The first-order valence-electron chi connectivity index (χ1n) is 5.65. The Labute approximate surface area is 91.4 Å². The fourth-order valence-electron chi connectivity index (χ4n) is 1.75. The SMILES string of the molecule is CC(CN)CC(=O)N1CCC(C)(O)CC1. The maximum atomic E-state index is 11.8. The van der Waals surface area contributed by atoms with Crippen LogP contribution in [-0.4, -0.2) is 41.1 Å². The Morgan fingerprint density at radius 3 is 2.53 bits per heavy atom. The van der Waals surface area contributed by atoms with Crippen LogP contribution in [0.3, 0.4) is 0 Å². The van der Waals surface area contributed by atoms with Gasteiger partial charge in [0.1, 0.15) is 0 Å². The molecule has 0 aromatic heterocycles. The average molecular weight is 214 g/mol. The second-order valence-electron chi connectivity index (χ2n) is 4.92. The summed E-state index contributed by atoms with van der Waals surface area (Å²) in [6, 6.07) is 0. The highest BCUT2D eigenvalue weighted by molar-refractivity contribution is 5.76. The van der Waals surface area contributed by atoms with Crippen molar-refractivity contribution in [1.82, 2.24) is 4.90 Å². The molecule has 1 saturated heterocycles. The molecule has 0 saturated carbocycles. The van der Waals surface area contributed by atoms with Crippen molar-refractivity contribution in [3.8, 4) is 0 Å². The van der Waals surface area contributed by atoms with Crippen molar-refractivity contribution in [3.05, 3.63) is 0 Å². The predicted octanol–water partition coefficient (Wildman–Crippen LogP) is 0.345. The summed E-state index contributed by atoms with van der Waals surface area (Å²) >= 11 is 0. The van der Waals surface area contributed by atoms with Crippen molar-refractivity contribution >= 4 is 5.91 Å². The molecule has 1 rings (SSSR count). The number of piperidine rings is 1. The summed E-state index contributed by atoms with van der Waals surface area (Å²) in [6.07, 6.45) is 1.88. The van der Waals surface area contributed by atoms with Crippen molar-refractivity contribution in [1.29, 1.82) is 0 Å². The molecule has 1 fully saturated rings. The van der Waals surface area contributed by atoms with Gasteiger partial charge < -0.3 is 15.7 Å². The Bertz CT molecular complexity index is 219. The second-order valence-corrected chi connectivity index (χ2v) is 4.92. The standard InChI is InChI=1S/C11H22N2O2/c1-9(8-12)7-10(14)13-5-3-11(2,15)4-6-13/h9,15H,3-8,12H2,1-2H3. The number of nitrogens with two attached hydrogens (primary N) is 1. The molecule has 0 bridgehead atoms. The van der Waals surface area contributed by atoms with Gasteiger partial charge in [-0.15, -0.1) is 0 Å². The van der Waals surface area contributed by atoms with Gasteiger partial charge in [-0.05, 0) is 32.2 Å². The van der Waals surface area contributed by atoms with Crippen molar-refractivity contribution < 1.29 is 9.90 Å². The molecule has 3 N–H and O–H groups in total. The molecule has 88 valence electrons. The third kappa shape index (κ3) is 3.80. The van der Waals surface area contributed by atoms with Gasteiger partial charge in [-0.25, -0.2) is 0 Å². The normalized spacial score (nSPS) is 22.5. The smallest absolute Gasteiger partial charge is 0.222 e. The third-order valence-electron chi connectivity index (χ3n) is 3.12. The van der Waals surface area contributed by atoms with E-state index in [0.29, 0.717) is 38.9 Å². The quantitative estimate of drug-likeness (QED) is 0.712. The van der Waals surface area contributed by atoms with E-state index < -0.39 is 5.60 Å². The predicted molar refractivity (Wildman–Crippen MR) is 59.3 cm³/mol. The van der Waals surface area contributed by atoms with Gasteiger partial charge in [-0.2, -0.15) is 0 Å². The fourth-order valence-corrected chi connectivity index (χ4v) is 1.75. The van der Waals surface area contributed by atoms with Crippen LogP contribution in [0.5, 0.6) is 0 Å². The van der Waals surface area contributed by atoms with E-state index in [9.17, 15) is 9.90 Å². The van der Waals surface area contributed by atoms with Gasteiger partial charge in [0.15, 0.2) is 0 Å². The molecule has 0 aromatic rings. The molecule has 1 aliphatic heterocycles. The number of carbonyl (C=O) groups is 1. The van der Waals surface area contributed by atoms with Gasteiger partial charge >= 0.3 is 0 Å². The van der Waals surface area contributed by atoms with Crippen LogP contribution in [0.25, 0.3) is 0 Å². The lowest BCUT2D eigenvalue weighted by Crippen LogP contribution is -2.45. The molecule has 0 spiro atoms. The number of hydrogen-bond acceptors (Lipinski definition) is 3. The molecule has 1 atom stereocenters. The van der Waals surface area contributed by atoms with Gasteiger partial charge in [0.25, 0.3) is 0 Å². The van der Waals surface area contributed by atoms with Crippen LogP contribution < -0.4 is 5.73 Å². The van der Waals surface area contributed by atoms with Crippen LogP contribution >= 0.6 is 0 Å². The Balaban J connectivity index is 2.36. The zero-order valence-electron chi connectivity index (χ0n) is 9.70. The van der Waals surface area contributed by atoms with Crippen molar-refractivity contribution in [2.24, 2.45) is 11.7 Å². The van der Waals surface area contributed by atoms with E-state index in [0.717, 1.165) is 0 Å². The molecule has 1 unspecified atom stereocenters. The lowest BCUT2D eigenvalue weighted by atomic mass is 9.93. The molecule has 1 heterocycles. The molecule has 4 heteroatoms. The average Bonchev–Trinajstić information content (AvgIpc) is 2.17. The minimum atomic E-state index is -0.587. The zero-order valence-corrected chi connectivity index (χ0v) is 9.70. The molecule has 15 heavy (non-hydrogen) atoms. The Hall–Kier alpha value is -0.610. The minimum Gasteiger partial charge on any atom is -0.390 e. The highest BCUT2D eigenvalue weighted by Crippen LogP contribution is 2.21. The number of aliphatic hydroxyl groups is 1. The van der Waals surface area contributed by atoms with Gasteiger partial charge in [0.2, 0.25) is 5.91 Å². The summed E-state index contributed by atoms with van der Waals surface area (Å²) in [7, 11) is 0. The van der Waals surface area contributed by atoms with E-state index in [-0.39, 0.29) is 11.8 Å². The van der Waals surface area contributed by atoms with E-state index in [1.54, 1.807) is 0 Å². The number of amides is 1. The zero-order chi connectivity index (χ0) is 11.5. The summed E-state index contributed by atoms with van der Waals surface area (Å²) in [4.78, 5) is 13.6.